The smallest absolute Gasteiger partial charge is 0.292 e. The Morgan fingerprint density at radius 1 is 1.12 bits per heavy atom. The maximum atomic E-state index is 12.3. The number of amides is 1. The minimum Gasteiger partial charge on any atom is -0.497 e. The summed E-state index contributed by atoms with van der Waals surface area (Å²) in [5.41, 5.74) is 2.27. The molecule has 24 heavy (non-hydrogen) atoms. The Balaban J connectivity index is 1.61. The maximum Gasteiger partial charge on any atom is 0.292 e. The van der Waals surface area contributed by atoms with Crippen molar-refractivity contribution in [3.63, 3.8) is 0 Å². The fourth-order valence-electron chi connectivity index (χ4n) is 2.61. The van der Waals surface area contributed by atoms with Crippen molar-refractivity contribution in [2.24, 2.45) is 0 Å². The first-order valence-electron chi connectivity index (χ1n) is 7.70. The lowest BCUT2D eigenvalue weighted by atomic mass is 10.1. The van der Waals surface area contributed by atoms with Crippen LogP contribution >= 0.6 is 0 Å². The van der Waals surface area contributed by atoms with Crippen molar-refractivity contribution in [2.45, 2.75) is 6.42 Å². The highest BCUT2D eigenvalue weighted by molar-refractivity contribution is 6.44. The minimum absolute atomic E-state index is 0.389. The van der Waals surface area contributed by atoms with Crippen LogP contribution in [0.3, 0.4) is 0 Å². The summed E-state index contributed by atoms with van der Waals surface area (Å²) in [6, 6.07) is 15.0. The van der Waals surface area contributed by atoms with E-state index >= 15 is 0 Å². The quantitative estimate of drug-likeness (QED) is 0.541. The second-order valence-corrected chi connectivity index (χ2v) is 5.43. The Bertz CT molecular complexity index is 883. The third-order valence-corrected chi connectivity index (χ3v) is 3.87. The highest BCUT2D eigenvalue weighted by atomic mass is 16.5. The molecule has 0 atom stereocenters. The number of hydrogen-bond acceptors (Lipinski definition) is 3. The van der Waals surface area contributed by atoms with Gasteiger partial charge in [0.2, 0.25) is 0 Å². The van der Waals surface area contributed by atoms with Crippen LogP contribution < -0.4 is 10.1 Å². The van der Waals surface area contributed by atoms with Crippen molar-refractivity contribution in [1.82, 2.24) is 10.3 Å². The molecule has 2 N–H and O–H groups in total. The van der Waals surface area contributed by atoms with Gasteiger partial charge < -0.3 is 15.0 Å². The van der Waals surface area contributed by atoms with Crippen LogP contribution in [0.5, 0.6) is 5.75 Å². The van der Waals surface area contributed by atoms with Gasteiger partial charge >= 0.3 is 0 Å². The number of carbonyl (C=O) groups is 2. The summed E-state index contributed by atoms with van der Waals surface area (Å²) in [6.07, 6.45) is 2.21. The molecule has 0 aliphatic carbocycles. The van der Waals surface area contributed by atoms with Crippen molar-refractivity contribution < 1.29 is 14.3 Å². The van der Waals surface area contributed by atoms with Crippen molar-refractivity contribution in [3.8, 4) is 5.75 Å². The summed E-state index contributed by atoms with van der Waals surface area (Å²) >= 11 is 0. The second-order valence-electron chi connectivity index (χ2n) is 5.43. The molecular weight excluding hydrogens is 304 g/mol. The predicted molar refractivity (Wildman–Crippen MR) is 92.3 cm³/mol. The van der Waals surface area contributed by atoms with Crippen LogP contribution in [0.25, 0.3) is 10.9 Å². The van der Waals surface area contributed by atoms with E-state index in [4.69, 9.17) is 4.74 Å². The van der Waals surface area contributed by atoms with E-state index in [1.54, 1.807) is 13.3 Å². The summed E-state index contributed by atoms with van der Waals surface area (Å²) < 4.78 is 5.17. The summed E-state index contributed by atoms with van der Waals surface area (Å²) in [5.74, 6) is -0.352. The number of nitrogens with one attached hydrogen (secondary N) is 2. The van der Waals surface area contributed by atoms with Crippen molar-refractivity contribution >= 4 is 22.6 Å². The first kappa shape index (κ1) is 15.8. The maximum absolute atomic E-state index is 12.3. The lowest BCUT2D eigenvalue weighted by molar-refractivity contribution is -0.116. The van der Waals surface area contributed by atoms with Gasteiger partial charge in [0.25, 0.3) is 11.7 Å². The highest BCUT2D eigenvalue weighted by Crippen LogP contribution is 2.18. The van der Waals surface area contributed by atoms with E-state index in [0.717, 1.165) is 22.2 Å². The van der Waals surface area contributed by atoms with Crippen molar-refractivity contribution in [3.05, 3.63) is 65.9 Å². The van der Waals surface area contributed by atoms with E-state index in [1.807, 2.05) is 48.5 Å². The number of carbonyl (C=O) groups excluding carboxylic acids is 2. The second kappa shape index (κ2) is 7.00. The molecule has 3 aromatic rings. The zero-order valence-electron chi connectivity index (χ0n) is 13.3. The summed E-state index contributed by atoms with van der Waals surface area (Å²) in [6.45, 7) is 0.389. The molecule has 2 aromatic carbocycles. The number of rotatable bonds is 6. The number of aromatic amines is 1. The number of hydrogen-bond donors (Lipinski definition) is 2. The van der Waals surface area contributed by atoms with Crippen LogP contribution in [-0.2, 0) is 11.2 Å². The number of H-pyrrole nitrogens is 1. The van der Waals surface area contributed by atoms with Crippen LogP contribution in [0.4, 0.5) is 0 Å². The molecule has 0 aliphatic heterocycles. The van der Waals surface area contributed by atoms with Crippen molar-refractivity contribution in [1.29, 1.82) is 0 Å². The molecule has 3 rings (SSSR count). The number of ketones is 1. The lowest BCUT2D eigenvalue weighted by Crippen LogP contribution is -2.32. The molecule has 0 saturated heterocycles. The number of para-hydroxylation sites is 1. The molecule has 5 nitrogen and oxygen atoms in total. The largest absolute Gasteiger partial charge is 0.497 e. The molecule has 1 heterocycles. The highest BCUT2D eigenvalue weighted by Gasteiger charge is 2.19. The minimum atomic E-state index is -0.595. The molecule has 0 saturated carbocycles. The van der Waals surface area contributed by atoms with E-state index in [9.17, 15) is 9.59 Å². The van der Waals surface area contributed by atoms with Gasteiger partial charge in [-0.3, -0.25) is 9.59 Å². The van der Waals surface area contributed by atoms with Crippen LogP contribution in [0.2, 0.25) is 0 Å². The van der Waals surface area contributed by atoms with Crippen molar-refractivity contribution in [2.75, 3.05) is 13.7 Å². The molecule has 1 aromatic heterocycles. The molecule has 0 fully saturated rings. The third-order valence-electron chi connectivity index (χ3n) is 3.87. The Morgan fingerprint density at radius 2 is 1.96 bits per heavy atom. The van der Waals surface area contributed by atoms with Crippen LogP contribution in [-0.4, -0.2) is 30.3 Å². The summed E-state index contributed by atoms with van der Waals surface area (Å²) in [7, 11) is 1.61. The molecule has 1 amide bonds. The van der Waals surface area contributed by atoms with Gasteiger partial charge in [0.15, 0.2) is 0 Å². The van der Waals surface area contributed by atoms with Gasteiger partial charge in [0.1, 0.15) is 5.75 Å². The molecule has 5 heteroatoms. The SMILES string of the molecule is COc1cccc(CCNC(=O)C(=O)c2c[nH]c3ccccc23)c1. The van der Waals surface area contributed by atoms with Gasteiger partial charge in [0.05, 0.1) is 12.7 Å². The summed E-state index contributed by atoms with van der Waals surface area (Å²) in [4.78, 5) is 27.4. The number of aromatic nitrogens is 1. The van der Waals surface area contributed by atoms with Gasteiger partial charge in [0, 0.05) is 23.6 Å². The molecule has 0 aliphatic rings. The zero-order valence-corrected chi connectivity index (χ0v) is 13.3. The number of methoxy groups -OCH3 is 1. The van der Waals surface area contributed by atoms with Crippen LogP contribution in [0.1, 0.15) is 15.9 Å². The molecule has 122 valence electrons. The molecular formula is C19H18N2O3. The monoisotopic (exact) mass is 322 g/mol. The van der Waals surface area contributed by atoms with Crippen LogP contribution in [0.15, 0.2) is 54.7 Å². The van der Waals surface area contributed by atoms with Gasteiger partial charge in [-0.1, -0.05) is 30.3 Å². The van der Waals surface area contributed by atoms with E-state index < -0.39 is 11.7 Å². The van der Waals surface area contributed by atoms with E-state index in [1.165, 1.54) is 0 Å². The number of Topliss-reactive ketones (excluding diaryl/α,β-unsaturated/α-hetero) is 1. The predicted octanol–water partition coefficient (Wildman–Crippen LogP) is 2.72. The molecule has 0 bridgehead atoms. The fourth-order valence-corrected chi connectivity index (χ4v) is 2.61. The third kappa shape index (κ3) is 3.30. The number of fused-ring (bicyclic) bond motifs is 1. The number of ether oxygens (including phenoxy) is 1. The topological polar surface area (TPSA) is 71.2 Å². The normalized spacial score (nSPS) is 10.5. The fraction of sp³-hybridized carbons (Fsp3) is 0.158. The van der Waals surface area contributed by atoms with E-state index in [2.05, 4.69) is 10.3 Å². The standard InChI is InChI=1S/C19H18N2O3/c1-24-14-6-4-5-13(11-14)9-10-20-19(23)18(22)16-12-21-17-8-3-2-7-15(16)17/h2-8,11-12,21H,9-10H2,1H3,(H,20,23). The van der Waals surface area contributed by atoms with Gasteiger partial charge in [-0.2, -0.15) is 0 Å². The Labute approximate surface area is 139 Å². The van der Waals surface area contributed by atoms with E-state index in [-0.39, 0.29) is 0 Å². The molecule has 0 radical (unpaired) electrons. The summed E-state index contributed by atoms with van der Waals surface area (Å²) in [5, 5.41) is 3.43. The van der Waals surface area contributed by atoms with Gasteiger partial charge in [-0.05, 0) is 30.2 Å². The first-order valence-corrected chi connectivity index (χ1v) is 7.70. The lowest BCUT2D eigenvalue weighted by Gasteiger charge is -2.06. The Hall–Kier alpha value is -3.08. The Kier molecular flexibility index (Phi) is 4.61. The zero-order chi connectivity index (χ0) is 16.9. The Morgan fingerprint density at radius 3 is 2.79 bits per heavy atom. The van der Waals surface area contributed by atoms with Gasteiger partial charge in [-0.15, -0.1) is 0 Å². The van der Waals surface area contributed by atoms with Gasteiger partial charge in [-0.25, -0.2) is 0 Å². The first-order chi connectivity index (χ1) is 11.7. The average molecular weight is 322 g/mol. The molecule has 0 unspecified atom stereocenters. The van der Waals surface area contributed by atoms with E-state index in [0.29, 0.717) is 18.5 Å². The molecule has 0 spiro atoms. The number of benzene rings is 2. The van der Waals surface area contributed by atoms with Crippen LogP contribution in [0, 0.1) is 0 Å². The average Bonchev–Trinajstić information content (AvgIpc) is 3.05.